The quantitative estimate of drug-likeness (QED) is 0.294. The molecule has 1 fully saturated rings. The third-order valence-electron chi connectivity index (χ3n) is 4.15. The first-order chi connectivity index (χ1) is 12.8. The zero-order valence-corrected chi connectivity index (χ0v) is 16.2. The lowest BCUT2D eigenvalue weighted by Gasteiger charge is -2.05. The van der Waals surface area contributed by atoms with Gasteiger partial charge in [0, 0.05) is 0 Å². The highest BCUT2D eigenvalue weighted by atomic mass is 16.5. The topological polar surface area (TPSA) is 92.7 Å². The molecule has 0 aromatic rings. The van der Waals surface area contributed by atoms with E-state index in [1.807, 2.05) is 13.0 Å². The van der Waals surface area contributed by atoms with Crippen LogP contribution in [-0.2, 0) is 19.1 Å². The number of carbonyl (C=O) groups is 3. The Balaban J connectivity index is 2.66. The fourth-order valence-corrected chi connectivity index (χ4v) is 2.60. The maximum Gasteiger partial charge on any atom is 0.337 e. The number of hydrogen-bond donors (Lipinski definition) is 2. The van der Waals surface area contributed by atoms with Crippen LogP contribution in [0.4, 0.5) is 0 Å². The Morgan fingerprint density at radius 1 is 1.26 bits per heavy atom. The molecule has 1 aliphatic heterocycles. The van der Waals surface area contributed by atoms with Gasteiger partial charge in [-0.2, -0.15) is 0 Å². The lowest BCUT2D eigenvalue weighted by Crippen LogP contribution is -2.30. The number of esters is 1. The number of ether oxygens (including phenoxy) is 1. The van der Waals surface area contributed by atoms with E-state index in [0.29, 0.717) is 17.6 Å². The van der Waals surface area contributed by atoms with Crippen molar-refractivity contribution in [2.75, 3.05) is 13.7 Å². The van der Waals surface area contributed by atoms with Crippen LogP contribution in [0.5, 0.6) is 0 Å². The Morgan fingerprint density at radius 3 is 2.52 bits per heavy atom. The van der Waals surface area contributed by atoms with Crippen LogP contribution in [0, 0.1) is 5.92 Å². The van der Waals surface area contributed by atoms with Crippen LogP contribution < -0.4 is 5.32 Å². The van der Waals surface area contributed by atoms with Crippen molar-refractivity contribution in [3.8, 4) is 0 Å². The average Bonchev–Trinajstić information content (AvgIpc) is 3.05. The number of hydrogen-bond acceptors (Lipinski definition) is 5. The Bertz CT molecular complexity index is 725. The van der Waals surface area contributed by atoms with E-state index in [9.17, 15) is 14.4 Å². The van der Waals surface area contributed by atoms with Crippen LogP contribution in [0.25, 0.3) is 0 Å². The van der Waals surface area contributed by atoms with Crippen LogP contribution in [0.3, 0.4) is 0 Å². The first-order valence-electron chi connectivity index (χ1n) is 8.74. The molecular formula is C21H27NO5. The van der Waals surface area contributed by atoms with E-state index in [1.165, 1.54) is 7.11 Å². The van der Waals surface area contributed by atoms with Gasteiger partial charge in [-0.05, 0) is 38.8 Å². The average molecular weight is 373 g/mol. The largest absolute Gasteiger partial charge is 0.465 e. The molecule has 6 nitrogen and oxygen atoms in total. The molecule has 2 N–H and O–H groups in total. The molecule has 0 radical (unpaired) electrons. The summed E-state index contributed by atoms with van der Waals surface area (Å²) in [6, 6.07) is -0.348. The highest BCUT2D eigenvalue weighted by Crippen LogP contribution is 2.19. The smallest absolute Gasteiger partial charge is 0.337 e. The lowest BCUT2D eigenvalue weighted by molar-refractivity contribution is -0.135. The molecule has 2 unspecified atom stereocenters. The Labute approximate surface area is 160 Å². The van der Waals surface area contributed by atoms with Crippen molar-refractivity contribution in [1.29, 1.82) is 0 Å². The number of rotatable bonds is 8. The summed E-state index contributed by atoms with van der Waals surface area (Å²) in [7, 11) is 1.34. The molecule has 27 heavy (non-hydrogen) atoms. The number of nitrogens with one attached hydrogen (secondary N) is 1. The number of aliphatic hydroxyl groups excluding tert-OH is 1. The number of Topliss-reactive ketones (excluding diaryl/α,β-unsaturated/α-hetero) is 1. The minimum Gasteiger partial charge on any atom is -0.465 e. The first kappa shape index (κ1) is 22.3. The molecule has 1 rings (SSSR count). The second-order valence-corrected chi connectivity index (χ2v) is 6.26. The maximum atomic E-state index is 12.3. The molecule has 0 aromatic carbocycles. The molecule has 1 heterocycles. The summed E-state index contributed by atoms with van der Waals surface area (Å²) in [5.41, 5.74) is 1.82. The van der Waals surface area contributed by atoms with Crippen LogP contribution in [-0.4, -0.2) is 42.5 Å². The number of aliphatic hydroxyl groups is 1. The van der Waals surface area contributed by atoms with Crippen molar-refractivity contribution in [3.63, 3.8) is 0 Å². The standard InChI is InChI=1S/C21H27NO5/c1-5-16(21(26)27-4)11-14(2)9-7-6-8-10-15(3)19(24)18-12-17(13-23)22-20(18)25/h5-11,17-18,23H,12-13H2,1-4H3,(H,22,25)/b8-6+,9-7+,14-11+,15-10+,16-5-. The fourth-order valence-electron chi connectivity index (χ4n) is 2.60. The van der Waals surface area contributed by atoms with Crippen LogP contribution in [0.1, 0.15) is 27.2 Å². The number of carbonyl (C=O) groups excluding carboxylic acids is 3. The Morgan fingerprint density at radius 2 is 1.96 bits per heavy atom. The minimum absolute atomic E-state index is 0.166. The van der Waals surface area contributed by atoms with Crippen LogP contribution >= 0.6 is 0 Å². The molecule has 1 saturated heterocycles. The van der Waals surface area contributed by atoms with E-state index >= 15 is 0 Å². The van der Waals surface area contributed by atoms with Gasteiger partial charge in [0.1, 0.15) is 5.92 Å². The number of ketones is 1. The van der Waals surface area contributed by atoms with Gasteiger partial charge in [-0.1, -0.05) is 42.0 Å². The van der Waals surface area contributed by atoms with E-state index in [2.05, 4.69) is 10.1 Å². The van der Waals surface area contributed by atoms with Gasteiger partial charge in [0.25, 0.3) is 0 Å². The van der Waals surface area contributed by atoms with Crippen LogP contribution in [0.2, 0.25) is 0 Å². The predicted octanol–water partition coefficient (Wildman–Crippen LogP) is 2.18. The number of amides is 1. The van der Waals surface area contributed by atoms with Gasteiger partial charge in [-0.25, -0.2) is 4.79 Å². The molecule has 1 aliphatic rings. The van der Waals surface area contributed by atoms with Crippen molar-refractivity contribution >= 4 is 17.7 Å². The van der Waals surface area contributed by atoms with Crippen LogP contribution in [0.15, 0.2) is 59.3 Å². The van der Waals surface area contributed by atoms with Gasteiger partial charge in [0.05, 0.1) is 25.3 Å². The van der Waals surface area contributed by atoms with Crippen molar-refractivity contribution < 1.29 is 24.2 Å². The third kappa shape index (κ3) is 6.83. The third-order valence-corrected chi connectivity index (χ3v) is 4.15. The SMILES string of the molecule is C/C=C(/C=C(C)/C=C/C=C/C=C(\C)C(=O)C1CC(CO)NC1=O)C(=O)OC. The zero-order valence-electron chi connectivity index (χ0n) is 16.2. The van der Waals surface area contributed by atoms with E-state index in [4.69, 9.17) is 5.11 Å². The van der Waals surface area contributed by atoms with Gasteiger partial charge in [-0.3, -0.25) is 9.59 Å². The monoisotopic (exact) mass is 373 g/mol. The number of methoxy groups -OCH3 is 1. The summed E-state index contributed by atoms with van der Waals surface area (Å²) >= 11 is 0. The highest BCUT2D eigenvalue weighted by Gasteiger charge is 2.36. The molecule has 0 spiro atoms. The summed E-state index contributed by atoms with van der Waals surface area (Å²) in [5.74, 6) is -1.69. The molecule has 1 amide bonds. The summed E-state index contributed by atoms with van der Waals surface area (Å²) in [6.45, 7) is 5.12. The number of allylic oxidation sites excluding steroid dienone is 8. The van der Waals surface area contributed by atoms with Crippen molar-refractivity contribution in [1.82, 2.24) is 5.32 Å². The van der Waals surface area contributed by atoms with Crippen molar-refractivity contribution in [2.45, 2.75) is 33.2 Å². The molecule has 0 aromatic heterocycles. The minimum atomic E-state index is -0.731. The van der Waals surface area contributed by atoms with Crippen molar-refractivity contribution in [2.24, 2.45) is 5.92 Å². The second-order valence-electron chi connectivity index (χ2n) is 6.26. The Hall–Kier alpha value is -2.73. The van der Waals surface area contributed by atoms with E-state index in [0.717, 1.165) is 5.57 Å². The second kappa shape index (κ2) is 11.1. The van der Waals surface area contributed by atoms with Gasteiger partial charge in [-0.15, -0.1) is 0 Å². The fraction of sp³-hybridized carbons (Fsp3) is 0.381. The molecule has 0 saturated carbocycles. The summed E-state index contributed by atoms with van der Waals surface area (Å²) in [5, 5.41) is 11.7. The maximum absolute atomic E-state index is 12.3. The summed E-state index contributed by atoms with van der Waals surface area (Å²) in [6.07, 6.45) is 12.4. The van der Waals surface area contributed by atoms with E-state index < -0.39 is 11.9 Å². The molecule has 0 bridgehead atoms. The van der Waals surface area contributed by atoms with E-state index in [-0.39, 0.29) is 24.3 Å². The van der Waals surface area contributed by atoms with Crippen molar-refractivity contribution in [3.05, 3.63) is 59.3 Å². The normalized spacial score (nSPS) is 21.8. The first-order valence-corrected chi connectivity index (χ1v) is 8.74. The molecule has 6 heteroatoms. The summed E-state index contributed by atoms with van der Waals surface area (Å²) < 4.78 is 4.69. The van der Waals surface area contributed by atoms with Gasteiger partial charge >= 0.3 is 5.97 Å². The molecule has 2 atom stereocenters. The predicted molar refractivity (Wildman–Crippen MR) is 104 cm³/mol. The van der Waals surface area contributed by atoms with Gasteiger partial charge < -0.3 is 15.2 Å². The molecule has 0 aliphatic carbocycles. The summed E-state index contributed by atoms with van der Waals surface area (Å²) in [4.78, 5) is 35.6. The Kier molecular flexibility index (Phi) is 9.16. The van der Waals surface area contributed by atoms with Gasteiger partial charge in [0.15, 0.2) is 5.78 Å². The highest BCUT2D eigenvalue weighted by molar-refractivity contribution is 6.10. The lowest BCUT2D eigenvalue weighted by atomic mass is 9.95. The molecule has 146 valence electrons. The van der Waals surface area contributed by atoms with E-state index in [1.54, 1.807) is 50.3 Å². The molecular weight excluding hydrogens is 346 g/mol. The van der Waals surface area contributed by atoms with Gasteiger partial charge in [0.2, 0.25) is 5.91 Å². The zero-order chi connectivity index (χ0) is 20.4.